The molecular formula is C12H22N4. The number of hydrogen-bond donors (Lipinski definition) is 3. The van der Waals surface area contributed by atoms with Crippen molar-refractivity contribution in [2.45, 2.75) is 51.6 Å². The van der Waals surface area contributed by atoms with Crippen molar-refractivity contribution in [3.05, 3.63) is 17.0 Å². The number of hydrogen-bond acceptors (Lipinski definition) is 3. The molecule has 0 saturated heterocycles. The summed E-state index contributed by atoms with van der Waals surface area (Å²) >= 11 is 0. The van der Waals surface area contributed by atoms with Crippen LogP contribution >= 0.6 is 0 Å². The van der Waals surface area contributed by atoms with Crippen molar-refractivity contribution in [2.75, 3.05) is 6.54 Å². The van der Waals surface area contributed by atoms with Gasteiger partial charge < -0.3 is 11.1 Å². The van der Waals surface area contributed by atoms with E-state index in [1.54, 1.807) is 0 Å². The molecule has 1 aliphatic rings. The van der Waals surface area contributed by atoms with Gasteiger partial charge in [-0.25, -0.2) is 0 Å². The third-order valence-corrected chi connectivity index (χ3v) is 3.36. The minimum atomic E-state index is 0.359. The van der Waals surface area contributed by atoms with Crippen LogP contribution in [0.2, 0.25) is 0 Å². The summed E-state index contributed by atoms with van der Waals surface area (Å²) in [6.07, 6.45) is 6.27. The van der Waals surface area contributed by atoms with E-state index in [1.807, 2.05) is 0 Å². The summed E-state index contributed by atoms with van der Waals surface area (Å²) < 4.78 is 0. The lowest BCUT2D eigenvalue weighted by molar-refractivity contribution is 0.547. The molecular weight excluding hydrogens is 200 g/mol. The SMILES string of the molecule is C[C@@H](CN)NCc1n[nH]c2c1CCCCC2. The van der Waals surface area contributed by atoms with Crippen LogP contribution < -0.4 is 11.1 Å². The number of nitrogens with one attached hydrogen (secondary N) is 2. The molecule has 1 atom stereocenters. The maximum atomic E-state index is 5.58. The van der Waals surface area contributed by atoms with Gasteiger partial charge in [0.05, 0.1) is 5.69 Å². The number of aromatic nitrogens is 2. The molecule has 90 valence electrons. The topological polar surface area (TPSA) is 66.7 Å². The van der Waals surface area contributed by atoms with E-state index in [4.69, 9.17) is 5.73 Å². The zero-order valence-electron chi connectivity index (χ0n) is 10.1. The molecule has 0 aromatic carbocycles. The fourth-order valence-corrected chi connectivity index (χ4v) is 2.23. The average molecular weight is 222 g/mol. The number of rotatable bonds is 4. The van der Waals surface area contributed by atoms with Gasteiger partial charge in [-0.3, -0.25) is 5.10 Å². The van der Waals surface area contributed by atoms with Gasteiger partial charge in [0.25, 0.3) is 0 Å². The Morgan fingerprint density at radius 1 is 1.38 bits per heavy atom. The lowest BCUT2D eigenvalue weighted by atomic mass is 10.1. The molecule has 1 aromatic rings. The van der Waals surface area contributed by atoms with Gasteiger partial charge in [0, 0.05) is 24.8 Å². The van der Waals surface area contributed by atoms with Crippen LogP contribution in [-0.4, -0.2) is 22.8 Å². The maximum absolute atomic E-state index is 5.58. The van der Waals surface area contributed by atoms with Gasteiger partial charge in [0.15, 0.2) is 0 Å². The Morgan fingerprint density at radius 3 is 3.00 bits per heavy atom. The predicted molar refractivity (Wildman–Crippen MR) is 65.2 cm³/mol. The molecule has 4 nitrogen and oxygen atoms in total. The van der Waals surface area contributed by atoms with Crippen LogP contribution in [0.1, 0.15) is 43.1 Å². The van der Waals surface area contributed by atoms with Crippen LogP contribution in [0.3, 0.4) is 0 Å². The number of aromatic amines is 1. The van der Waals surface area contributed by atoms with Crippen LogP contribution in [0, 0.1) is 0 Å². The van der Waals surface area contributed by atoms with Crippen molar-refractivity contribution in [1.29, 1.82) is 0 Å². The predicted octanol–water partition coefficient (Wildman–Crippen LogP) is 1.12. The van der Waals surface area contributed by atoms with Gasteiger partial charge in [0.2, 0.25) is 0 Å². The van der Waals surface area contributed by atoms with Crippen molar-refractivity contribution in [2.24, 2.45) is 5.73 Å². The molecule has 0 radical (unpaired) electrons. The zero-order valence-corrected chi connectivity index (χ0v) is 10.1. The Kier molecular flexibility index (Phi) is 3.96. The van der Waals surface area contributed by atoms with Gasteiger partial charge >= 0.3 is 0 Å². The molecule has 4 N–H and O–H groups in total. The highest BCUT2D eigenvalue weighted by Gasteiger charge is 2.15. The van der Waals surface area contributed by atoms with E-state index >= 15 is 0 Å². The molecule has 1 heterocycles. The molecule has 1 aliphatic carbocycles. The highest BCUT2D eigenvalue weighted by molar-refractivity contribution is 5.26. The molecule has 0 spiro atoms. The van der Waals surface area contributed by atoms with Gasteiger partial charge in [-0.15, -0.1) is 0 Å². The van der Waals surface area contributed by atoms with Crippen LogP contribution in [0.4, 0.5) is 0 Å². The Labute approximate surface area is 97.0 Å². The van der Waals surface area contributed by atoms with E-state index in [9.17, 15) is 0 Å². The Bertz CT molecular complexity index is 332. The molecule has 4 heteroatoms. The summed E-state index contributed by atoms with van der Waals surface area (Å²) in [4.78, 5) is 0. The van der Waals surface area contributed by atoms with Gasteiger partial charge in [-0.05, 0) is 38.2 Å². The first-order chi connectivity index (χ1) is 7.81. The summed E-state index contributed by atoms with van der Waals surface area (Å²) in [6.45, 7) is 3.61. The fraction of sp³-hybridized carbons (Fsp3) is 0.750. The normalized spacial score (nSPS) is 17.9. The van der Waals surface area contributed by atoms with Crippen LogP contribution in [0.25, 0.3) is 0 Å². The van der Waals surface area contributed by atoms with Gasteiger partial charge in [0.1, 0.15) is 0 Å². The third kappa shape index (κ3) is 2.62. The van der Waals surface area contributed by atoms with E-state index in [2.05, 4.69) is 22.4 Å². The quantitative estimate of drug-likeness (QED) is 0.669. The zero-order chi connectivity index (χ0) is 11.4. The van der Waals surface area contributed by atoms with Crippen LogP contribution in [0.5, 0.6) is 0 Å². The number of nitrogens with two attached hydrogens (primary N) is 1. The minimum Gasteiger partial charge on any atom is -0.329 e. The Morgan fingerprint density at radius 2 is 2.19 bits per heavy atom. The molecule has 0 saturated carbocycles. The first kappa shape index (κ1) is 11.6. The minimum absolute atomic E-state index is 0.359. The molecule has 0 amide bonds. The van der Waals surface area contributed by atoms with E-state index in [-0.39, 0.29) is 0 Å². The largest absolute Gasteiger partial charge is 0.329 e. The van der Waals surface area contributed by atoms with Crippen molar-refractivity contribution in [1.82, 2.24) is 15.5 Å². The second-order valence-corrected chi connectivity index (χ2v) is 4.71. The van der Waals surface area contributed by atoms with Crippen molar-refractivity contribution >= 4 is 0 Å². The molecule has 1 aromatic heterocycles. The van der Waals surface area contributed by atoms with E-state index < -0.39 is 0 Å². The molecule has 16 heavy (non-hydrogen) atoms. The number of aryl methyl sites for hydroxylation is 1. The van der Waals surface area contributed by atoms with Crippen molar-refractivity contribution in [3.63, 3.8) is 0 Å². The number of H-pyrrole nitrogens is 1. The Hall–Kier alpha value is -0.870. The first-order valence-corrected chi connectivity index (χ1v) is 6.29. The van der Waals surface area contributed by atoms with Gasteiger partial charge in [-0.1, -0.05) is 6.42 Å². The summed E-state index contributed by atoms with van der Waals surface area (Å²) in [7, 11) is 0. The summed E-state index contributed by atoms with van der Waals surface area (Å²) in [6, 6.07) is 0.359. The molecule has 0 unspecified atom stereocenters. The second kappa shape index (κ2) is 5.46. The smallest absolute Gasteiger partial charge is 0.0794 e. The highest BCUT2D eigenvalue weighted by Crippen LogP contribution is 2.21. The Balaban J connectivity index is 2.01. The average Bonchev–Trinajstić information content (AvgIpc) is 2.54. The van der Waals surface area contributed by atoms with Crippen molar-refractivity contribution in [3.8, 4) is 0 Å². The third-order valence-electron chi connectivity index (χ3n) is 3.36. The molecule has 0 fully saturated rings. The highest BCUT2D eigenvalue weighted by atomic mass is 15.1. The lowest BCUT2D eigenvalue weighted by Crippen LogP contribution is -2.32. The molecule has 0 bridgehead atoms. The van der Waals surface area contributed by atoms with Crippen LogP contribution in [0.15, 0.2) is 0 Å². The monoisotopic (exact) mass is 222 g/mol. The number of fused-ring (bicyclic) bond motifs is 1. The first-order valence-electron chi connectivity index (χ1n) is 6.29. The van der Waals surface area contributed by atoms with Crippen molar-refractivity contribution < 1.29 is 0 Å². The maximum Gasteiger partial charge on any atom is 0.0794 e. The summed E-state index contributed by atoms with van der Waals surface area (Å²) in [5.74, 6) is 0. The number of nitrogens with zero attached hydrogens (tertiary/aromatic N) is 1. The summed E-state index contributed by atoms with van der Waals surface area (Å²) in [5, 5.41) is 11.0. The molecule has 0 aliphatic heterocycles. The van der Waals surface area contributed by atoms with E-state index in [1.165, 1.54) is 42.6 Å². The molecule has 2 rings (SSSR count). The van der Waals surface area contributed by atoms with Crippen LogP contribution in [-0.2, 0) is 19.4 Å². The standard InChI is InChI=1S/C12H22N4/c1-9(7-13)14-8-12-10-5-3-2-4-6-11(10)15-16-12/h9,14H,2-8,13H2,1H3,(H,15,16)/t9-/m0/s1. The fourth-order valence-electron chi connectivity index (χ4n) is 2.23. The second-order valence-electron chi connectivity index (χ2n) is 4.71. The van der Waals surface area contributed by atoms with E-state index in [0.717, 1.165) is 13.0 Å². The lowest BCUT2D eigenvalue weighted by Gasteiger charge is -2.10. The van der Waals surface area contributed by atoms with Gasteiger partial charge in [-0.2, -0.15) is 5.10 Å². The summed E-state index contributed by atoms with van der Waals surface area (Å²) in [5.41, 5.74) is 9.58. The van der Waals surface area contributed by atoms with E-state index in [0.29, 0.717) is 12.6 Å².